The van der Waals surface area contributed by atoms with E-state index >= 15 is 0 Å². The van der Waals surface area contributed by atoms with Crippen LogP contribution in [0.4, 0.5) is 11.4 Å². The lowest BCUT2D eigenvalue weighted by molar-refractivity contribution is -0.118. The molecule has 0 spiro atoms. The topological polar surface area (TPSA) is 76.7 Å². The highest BCUT2D eigenvalue weighted by Crippen LogP contribution is 2.26. The number of rotatable bonds is 8. The molecule has 0 heterocycles. The second-order valence-corrected chi connectivity index (χ2v) is 7.37. The van der Waals surface area contributed by atoms with Gasteiger partial charge in [0.2, 0.25) is 5.91 Å². The van der Waals surface area contributed by atoms with Gasteiger partial charge in [0.15, 0.2) is 6.61 Å². The molecule has 7 heteroatoms. The zero-order valence-electron chi connectivity index (χ0n) is 16.4. The maximum atomic E-state index is 12.3. The van der Waals surface area contributed by atoms with Crippen molar-refractivity contribution < 1.29 is 19.1 Å². The molecule has 3 aromatic carbocycles. The molecular weight excluding hydrogens is 448 g/mol. The number of carbonyl (C=O) groups is 2. The molecule has 0 atom stereocenters. The summed E-state index contributed by atoms with van der Waals surface area (Å²) in [5.74, 6) is 0.695. The van der Waals surface area contributed by atoms with Crippen molar-refractivity contribution in [1.29, 1.82) is 0 Å². The number of hydrogen-bond acceptors (Lipinski definition) is 4. The van der Waals surface area contributed by atoms with Crippen molar-refractivity contribution in [2.75, 3.05) is 17.2 Å². The lowest BCUT2D eigenvalue weighted by Crippen LogP contribution is -2.21. The zero-order chi connectivity index (χ0) is 21.3. The number of amides is 2. The molecule has 3 rings (SSSR count). The largest absolute Gasteiger partial charge is 0.489 e. The maximum absolute atomic E-state index is 12.3. The molecule has 0 fully saturated rings. The molecule has 0 saturated heterocycles. The van der Waals surface area contributed by atoms with Gasteiger partial charge in [-0.1, -0.05) is 46.3 Å². The van der Waals surface area contributed by atoms with Crippen LogP contribution in [0.5, 0.6) is 11.5 Å². The monoisotopic (exact) mass is 468 g/mol. The van der Waals surface area contributed by atoms with Gasteiger partial charge in [-0.25, -0.2) is 0 Å². The fourth-order valence-electron chi connectivity index (χ4n) is 2.63. The van der Waals surface area contributed by atoms with E-state index in [2.05, 4.69) is 26.6 Å². The lowest BCUT2D eigenvalue weighted by atomic mass is 10.2. The molecule has 3 aromatic rings. The van der Waals surface area contributed by atoms with Crippen LogP contribution in [0.2, 0.25) is 0 Å². The van der Waals surface area contributed by atoms with Crippen LogP contribution in [-0.4, -0.2) is 18.4 Å². The summed E-state index contributed by atoms with van der Waals surface area (Å²) in [5.41, 5.74) is 2.08. The summed E-state index contributed by atoms with van der Waals surface area (Å²) >= 11 is 3.36. The van der Waals surface area contributed by atoms with E-state index in [4.69, 9.17) is 9.47 Å². The van der Waals surface area contributed by atoms with Crippen LogP contribution in [0.15, 0.2) is 77.3 Å². The lowest BCUT2D eigenvalue weighted by Gasteiger charge is -2.13. The molecular formula is C23H21BrN2O4. The summed E-state index contributed by atoms with van der Waals surface area (Å²) < 4.78 is 12.1. The van der Waals surface area contributed by atoms with Crippen LogP contribution in [0.25, 0.3) is 0 Å². The van der Waals surface area contributed by atoms with Gasteiger partial charge < -0.3 is 20.1 Å². The molecule has 0 saturated carbocycles. The molecule has 6 nitrogen and oxygen atoms in total. The van der Waals surface area contributed by atoms with Crippen LogP contribution >= 0.6 is 15.9 Å². The number of anilines is 2. The molecule has 0 aliphatic heterocycles. The van der Waals surface area contributed by atoms with Crippen LogP contribution in [0, 0.1) is 0 Å². The highest BCUT2D eigenvalue weighted by Gasteiger charge is 2.10. The van der Waals surface area contributed by atoms with Crippen LogP contribution < -0.4 is 20.1 Å². The van der Waals surface area contributed by atoms with Gasteiger partial charge in [-0.2, -0.15) is 0 Å². The molecule has 0 aromatic heterocycles. The molecule has 30 heavy (non-hydrogen) atoms. The Morgan fingerprint density at radius 3 is 2.17 bits per heavy atom. The average Bonchev–Trinajstić information content (AvgIpc) is 2.74. The Hall–Kier alpha value is -3.32. The van der Waals surface area contributed by atoms with Gasteiger partial charge in [0.1, 0.15) is 18.1 Å². The normalized spacial score (nSPS) is 10.2. The Morgan fingerprint density at radius 1 is 0.833 bits per heavy atom. The number of nitrogens with one attached hydrogen (secondary N) is 2. The van der Waals surface area contributed by atoms with Crippen LogP contribution in [-0.2, 0) is 16.2 Å². The Kier molecular flexibility index (Phi) is 7.45. The van der Waals surface area contributed by atoms with E-state index in [1.165, 1.54) is 6.92 Å². The Balaban J connectivity index is 1.51. The number of ether oxygens (including phenoxy) is 2. The van der Waals surface area contributed by atoms with Crippen molar-refractivity contribution in [1.82, 2.24) is 0 Å². The summed E-state index contributed by atoms with van der Waals surface area (Å²) in [4.78, 5) is 23.6. The van der Waals surface area contributed by atoms with Crippen LogP contribution in [0.3, 0.4) is 0 Å². The van der Waals surface area contributed by atoms with Crippen molar-refractivity contribution in [2.24, 2.45) is 0 Å². The van der Waals surface area contributed by atoms with E-state index in [0.717, 1.165) is 10.0 Å². The van der Waals surface area contributed by atoms with E-state index in [9.17, 15) is 9.59 Å². The predicted octanol–water partition coefficient (Wildman–Crippen LogP) is 5.00. The maximum Gasteiger partial charge on any atom is 0.262 e. The molecule has 2 N–H and O–H groups in total. The van der Waals surface area contributed by atoms with Crippen LogP contribution in [0.1, 0.15) is 12.5 Å². The third kappa shape index (κ3) is 6.63. The van der Waals surface area contributed by atoms with E-state index in [1.807, 2.05) is 30.3 Å². The van der Waals surface area contributed by atoms with Crippen molar-refractivity contribution in [3.05, 3.63) is 82.8 Å². The fourth-order valence-corrected chi connectivity index (χ4v) is 2.99. The molecule has 0 bridgehead atoms. The van der Waals surface area contributed by atoms with E-state index in [1.54, 1.807) is 42.5 Å². The third-order valence-electron chi connectivity index (χ3n) is 4.01. The van der Waals surface area contributed by atoms with Gasteiger partial charge in [-0.05, 0) is 48.0 Å². The molecule has 2 amide bonds. The summed E-state index contributed by atoms with van der Waals surface area (Å²) in [7, 11) is 0. The molecule has 0 radical (unpaired) electrons. The minimum absolute atomic E-state index is 0.170. The molecule has 154 valence electrons. The summed E-state index contributed by atoms with van der Waals surface area (Å²) in [6.45, 7) is 1.72. The van der Waals surface area contributed by atoms with Crippen molar-refractivity contribution >= 4 is 39.1 Å². The van der Waals surface area contributed by atoms with Crippen molar-refractivity contribution in [3.8, 4) is 11.5 Å². The van der Waals surface area contributed by atoms with Gasteiger partial charge in [-0.15, -0.1) is 0 Å². The first-order valence-electron chi connectivity index (χ1n) is 9.26. The van der Waals surface area contributed by atoms with Gasteiger partial charge in [0.25, 0.3) is 5.91 Å². The van der Waals surface area contributed by atoms with E-state index in [-0.39, 0.29) is 18.4 Å². The predicted molar refractivity (Wildman–Crippen MR) is 120 cm³/mol. The van der Waals surface area contributed by atoms with Gasteiger partial charge in [-0.3, -0.25) is 9.59 Å². The second kappa shape index (κ2) is 10.5. The first-order chi connectivity index (χ1) is 14.5. The van der Waals surface area contributed by atoms with E-state index in [0.29, 0.717) is 29.5 Å². The Labute approximate surface area is 183 Å². The SMILES string of the molecule is CC(=O)Nc1ccc(Br)cc1NC(=O)COc1ccc(OCc2ccccc2)cc1. The standard InChI is InChI=1S/C23H21BrN2O4/c1-16(27)25-21-12-7-18(24)13-22(21)26-23(28)15-30-20-10-8-19(9-11-20)29-14-17-5-3-2-4-6-17/h2-13H,14-15H2,1H3,(H,25,27)(H,26,28). The number of carbonyl (C=O) groups excluding carboxylic acids is 2. The third-order valence-corrected chi connectivity index (χ3v) is 4.50. The Morgan fingerprint density at radius 2 is 1.50 bits per heavy atom. The first kappa shape index (κ1) is 21.4. The quantitative estimate of drug-likeness (QED) is 0.487. The smallest absolute Gasteiger partial charge is 0.262 e. The zero-order valence-corrected chi connectivity index (χ0v) is 17.9. The second-order valence-electron chi connectivity index (χ2n) is 6.45. The minimum atomic E-state index is -0.343. The van der Waals surface area contributed by atoms with E-state index < -0.39 is 0 Å². The highest BCUT2D eigenvalue weighted by atomic mass is 79.9. The average molecular weight is 469 g/mol. The number of hydrogen-bond donors (Lipinski definition) is 2. The van der Waals surface area contributed by atoms with Gasteiger partial charge in [0.05, 0.1) is 11.4 Å². The number of benzene rings is 3. The molecule has 0 aliphatic carbocycles. The summed E-state index contributed by atoms with van der Waals surface area (Å²) in [5, 5.41) is 5.42. The summed E-state index contributed by atoms with van der Waals surface area (Å²) in [6, 6.07) is 22.2. The van der Waals surface area contributed by atoms with Gasteiger partial charge >= 0.3 is 0 Å². The molecule has 0 aliphatic rings. The van der Waals surface area contributed by atoms with Crippen molar-refractivity contribution in [3.63, 3.8) is 0 Å². The highest BCUT2D eigenvalue weighted by molar-refractivity contribution is 9.10. The summed E-state index contributed by atoms with van der Waals surface area (Å²) in [6.07, 6.45) is 0. The van der Waals surface area contributed by atoms with Crippen molar-refractivity contribution in [2.45, 2.75) is 13.5 Å². The fraction of sp³-hybridized carbons (Fsp3) is 0.130. The first-order valence-corrected chi connectivity index (χ1v) is 10.1. The minimum Gasteiger partial charge on any atom is -0.489 e. The van der Waals surface area contributed by atoms with Gasteiger partial charge in [0, 0.05) is 11.4 Å². The number of halogens is 1. The molecule has 0 unspecified atom stereocenters. The Bertz CT molecular complexity index is 1010.